The molecule has 1 unspecified atom stereocenters. The molecule has 0 saturated heterocycles. The standard InChI is InChI=1S/C19H40N2O2/c1-9-11-12-16(10-2)15-20-13-14-21(18(3,4)5)17(22)23-19(6,7)8/h16,20H,9-15H2,1-8H3. The Labute approximate surface area is 144 Å². The second-order valence-corrected chi connectivity index (χ2v) is 8.42. The Morgan fingerprint density at radius 1 is 1.13 bits per heavy atom. The van der Waals surface area contributed by atoms with Crippen molar-refractivity contribution in [1.29, 1.82) is 0 Å². The Morgan fingerprint density at radius 2 is 1.74 bits per heavy atom. The summed E-state index contributed by atoms with van der Waals surface area (Å²) in [6.07, 6.45) is 4.82. The Hall–Kier alpha value is -0.770. The van der Waals surface area contributed by atoms with E-state index in [1.807, 2.05) is 46.4 Å². The van der Waals surface area contributed by atoms with Crippen LogP contribution in [0.3, 0.4) is 0 Å². The number of nitrogens with one attached hydrogen (secondary N) is 1. The topological polar surface area (TPSA) is 41.6 Å². The number of hydrogen-bond acceptors (Lipinski definition) is 3. The van der Waals surface area contributed by atoms with E-state index in [9.17, 15) is 4.79 Å². The lowest BCUT2D eigenvalue weighted by atomic mass is 9.99. The molecule has 23 heavy (non-hydrogen) atoms. The van der Waals surface area contributed by atoms with Gasteiger partial charge < -0.3 is 15.0 Å². The van der Waals surface area contributed by atoms with Crippen LogP contribution in [-0.4, -0.2) is 41.8 Å². The molecular formula is C19H40N2O2. The zero-order valence-electron chi connectivity index (χ0n) is 16.8. The molecule has 0 spiro atoms. The molecule has 0 fully saturated rings. The van der Waals surface area contributed by atoms with Crippen LogP contribution in [0.1, 0.15) is 81.1 Å². The van der Waals surface area contributed by atoms with Crippen molar-refractivity contribution < 1.29 is 9.53 Å². The molecule has 0 aliphatic rings. The van der Waals surface area contributed by atoms with E-state index in [0.29, 0.717) is 6.54 Å². The summed E-state index contributed by atoms with van der Waals surface area (Å²) in [6, 6.07) is 0. The maximum atomic E-state index is 12.4. The molecular weight excluding hydrogens is 288 g/mol. The van der Waals surface area contributed by atoms with Crippen LogP contribution in [0.2, 0.25) is 0 Å². The van der Waals surface area contributed by atoms with Crippen LogP contribution in [-0.2, 0) is 4.74 Å². The van der Waals surface area contributed by atoms with Gasteiger partial charge in [-0.05, 0) is 60.4 Å². The Morgan fingerprint density at radius 3 is 2.17 bits per heavy atom. The maximum absolute atomic E-state index is 12.4. The van der Waals surface area contributed by atoms with E-state index in [4.69, 9.17) is 4.74 Å². The number of carbonyl (C=O) groups excluding carboxylic acids is 1. The molecule has 4 nitrogen and oxygen atoms in total. The predicted molar refractivity (Wildman–Crippen MR) is 98.9 cm³/mol. The quantitative estimate of drug-likeness (QED) is 0.616. The van der Waals surface area contributed by atoms with Gasteiger partial charge in [0, 0.05) is 18.6 Å². The minimum atomic E-state index is -0.457. The summed E-state index contributed by atoms with van der Waals surface area (Å²) in [4.78, 5) is 14.2. The summed E-state index contributed by atoms with van der Waals surface area (Å²) in [5.74, 6) is 0.736. The van der Waals surface area contributed by atoms with Crippen molar-refractivity contribution in [2.45, 2.75) is 92.2 Å². The maximum Gasteiger partial charge on any atom is 0.410 e. The van der Waals surface area contributed by atoms with Crippen LogP contribution in [0.25, 0.3) is 0 Å². The summed E-state index contributed by atoms with van der Waals surface area (Å²) in [5, 5.41) is 3.52. The summed E-state index contributed by atoms with van der Waals surface area (Å²) >= 11 is 0. The van der Waals surface area contributed by atoms with E-state index in [2.05, 4.69) is 19.2 Å². The van der Waals surface area contributed by atoms with Crippen LogP contribution in [0.4, 0.5) is 4.79 Å². The summed E-state index contributed by atoms with van der Waals surface area (Å²) < 4.78 is 5.54. The van der Waals surface area contributed by atoms with Crippen molar-refractivity contribution in [3.8, 4) is 0 Å². The van der Waals surface area contributed by atoms with Crippen molar-refractivity contribution in [2.24, 2.45) is 5.92 Å². The van der Waals surface area contributed by atoms with Gasteiger partial charge in [-0.15, -0.1) is 0 Å². The highest BCUT2D eigenvalue weighted by Crippen LogP contribution is 2.18. The van der Waals surface area contributed by atoms with Gasteiger partial charge in [0.2, 0.25) is 0 Å². The molecule has 1 amide bonds. The molecule has 0 radical (unpaired) electrons. The van der Waals surface area contributed by atoms with Gasteiger partial charge in [0.05, 0.1) is 0 Å². The van der Waals surface area contributed by atoms with E-state index in [0.717, 1.165) is 19.0 Å². The Bertz CT molecular complexity index is 329. The molecule has 0 aliphatic carbocycles. The van der Waals surface area contributed by atoms with E-state index in [1.54, 1.807) is 0 Å². The van der Waals surface area contributed by atoms with Gasteiger partial charge in [-0.2, -0.15) is 0 Å². The number of rotatable bonds is 9. The molecule has 0 bridgehead atoms. The van der Waals surface area contributed by atoms with E-state index in [1.165, 1.54) is 25.7 Å². The van der Waals surface area contributed by atoms with Crippen LogP contribution >= 0.6 is 0 Å². The third kappa shape index (κ3) is 10.6. The molecule has 138 valence electrons. The highest BCUT2D eigenvalue weighted by Gasteiger charge is 2.30. The lowest BCUT2D eigenvalue weighted by Crippen LogP contribution is -2.50. The molecule has 0 aromatic carbocycles. The summed E-state index contributed by atoms with van der Waals surface area (Å²) in [6.45, 7) is 18.9. The first-order valence-electron chi connectivity index (χ1n) is 9.22. The molecule has 0 aromatic heterocycles. The van der Waals surface area contributed by atoms with Gasteiger partial charge in [0.15, 0.2) is 0 Å². The number of nitrogens with zero attached hydrogens (tertiary/aromatic N) is 1. The lowest BCUT2D eigenvalue weighted by Gasteiger charge is -2.37. The van der Waals surface area contributed by atoms with Gasteiger partial charge in [0.1, 0.15) is 5.60 Å². The zero-order chi connectivity index (χ0) is 18.1. The average molecular weight is 329 g/mol. The van der Waals surface area contributed by atoms with Gasteiger partial charge in [-0.1, -0.05) is 33.1 Å². The third-order valence-electron chi connectivity index (χ3n) is 3.91. The largest absolute Gasteiger partial charge is 0.444 e. The Balaban J connectivity index is 4.39. The van der Waals surface area contributed by atoms with Crippen LogP contribution in [0, 0.1) is 5.92 Å². The zero-order valence-corrected chi connectivity index (χ0v) is 16.8. The number of unbranched alkanes of at least 4 members (excludes halogenated alkanes) is 1. The fourth-order valence-corrected chi connectivity index (χ4v) is 2.46. The highest BCUT2D eigenvalue weighted by atomic mass is 16.6. The third-order valence-corrected chi connectivity index (χ3v) is 3.91. The molecule has 0 rings (SSSR count). The summed E-state index contributed by atoms with van der Waals surface area (Å²) in [5.41, 5.74) is -0.697. The highest BCUT2D eigenvalue weighted by molar-refractivity contribution is 5.69. The first kappa shape index (κ1) is 22.2. The van der Waals surface area contributed by atoms with Crippen molar-refractivity contribution in [2.75, 3.05) is 19.6 Å². The fraction of sp³-hybridized carbons (Fsp3) is 0.947. The van der Waals surface area contributed by atoms with E-state index < -0.39 is 5.60 Å². The Kier molecular flexibility index (Phi) is 9.83. The molecule has 1 N–H and O–H groups in total. The second kappa shape index (κ2) is 10.2. The number of amides is 1. The van der Waals surface area contributed by atoms with Crippen molar-refractivity contribution in [3.05, 3.63) is 0 Å². The van der Waals surface area contributed by atoms with Gasteiger partial charge >= 0.3 is 6.09 Å². The van der Waals surface area contributed by atoms with E-state index in [-0.39, 0.29) is 11.6 Å². The van der Waals surface area contributed by atoms with Gasteiger partial charge in [-0.25, -0.2) is 4.79 Å². The van der Waals surface area contributed by atoms with Gasteiger partial charge in [0.25, 0.3) is 0 Å². The SMILES string of the molecule is CCCCC(CC)CNCCN(C(=O)OC(C)(C)C)C(C)(C)C. The van der Waals surface area contributed by atoms with Crippen molar-refractivity contribution in [3.63, 3.8) is 0 Å². The predicted octanol–water partition coefficient (Wildman–Crippen LogP) is 4.83. The fourth-order valence-electron chi connectivity index (χ4n) is 2.46. The molecule has 1 atom stereocenters. The van der Waals surface area contributed by atoms with Crippen LogP contribution in [0.15, 0.2) is 0 Å². The smallest absolute Gasteiger partial charge is 0.410 e. The van der Waals surface area contributed by atoms with Crippen LogP contribution in [0.5, 0.6) is 0 Å². The number of ether oxygens (including phenoxy) is 1. The van der Waals surface area contributed by atoms with Crippen LogP contribution < -0.4 is 5.32 Å². The number of hydrogen-bond donors (Lipinski definition) is 1. The molecule has 0 aliphatic heterocycles. The van der Waals surface area contributed by atoms with Crippen molar-refractivity contribution >= 4 is 6.09 Å². The molecule has 4 heteroatoms. The average Bonchev–Trinajstić information content (AvgIpc) is 2.38. The van der Waals surface area contributed by atoms with Gasteiger partial charge in [-0.3, -0.25) is 0 Å². The minimum absolute atomic E-state index is 0.232. The molecule has 0 aromatic rings. The second-order valence-electron chi connectivity index (χ2n) is 8.42. The monoisotopic (exact) mass is 328 g/mol. The minimum Gasteiger partial charge on any atom is -0.444 e. The molecule has 0 saturated carbocycles. The summed E-state index contributed by atoms with van der Waals surface area (Å²) in [7, 11) is 0. The van der Waals surface area contributed by atoms with E-state index >= 15 is 0 Å². The first-order chi connectivity index (χ1) is 10.5. The normalized spacial score (nSPS) is 13.7. The number of carbonyl (C=O) groups is 1. The first-order valence-corrected chi connectivity index (χ1v) is 9.22. The molecule has 0 heterocycles. The van der Waals surface area contributed by atoms with Crippen molar-refractivity contribution in [1.82, 2.24) is 10.2 Å². The lowest BCUT2D eigenvalue weighted by molar-refractivity contribution is 0.00660.